The lowest BCUT2D eigenvalue weighted by molar-refractivity contribution is 0.0700. The Hall–Kier alpha value is -0.750. The number of aromatic carboxylic acids is 1. The van der Waals surface area contributed by atoms with Crippen molar-refractivity contribution < 1.29 is 9.90 Å². The Bertz CT molecular complexity index is 476. The highest BCUT2D eigenvalue weighted by Crippen LogP contribution is 2.34. The average Bonchev–Trinajstić information content (AvgIpc) is 2.92. The SMILES string of the molecule is CCC1CN(c2nc(C(C)CC)c(C(=O)O)s2)CCS1. The van der Waals surface area contributed by atoms with Crippen molar-refractivity contribution in [2.45, 2.75) is 44.8 Å². The Morgan fingerprint density at radius 3 is 2.90 bits per heavy atom. The summed E-state index contributed by atoms with van der Waals surface area (Å²) in [4.78, 5) is 18.7. The molecular formula is C14H22N2O2S2. The quantitative estimate of drug-likeness (QED) is 0.898. The summed E-state index contributed by atoms with van der Waals surface area (Å²) in [5.41, 5.74) is 0.756. The van der Waals surface area contributed by atoms with Crippen LogP contribution in [0.1, 0.15) is 54.9 Å². The number of carboxylic acids is 1. The minimum Gasteiger partial charge on any atom is -0.477 e. The first-order chi connectivity index (χ1) is 9.56. The lowest BCUT2D eigenvalue weighted by Crippen LogP contribution is -2.37. The monoisotopic (exact) mass is 314 g/mol. The Kier molecular flexibility index (Phi) is 5.32. The Morgan fingerprint density at radius 2 is 2.30 bits per heavy atom. The van der Waals surface area contributed by atoms with Gasteiger partial charge in [0.15, 0.2) is 5.13 Å². The third kappa shape index (κ3) is 3.28. The fraction of sp³-hybridized carbons (Fsp3) is 0.714. The van der Waals surface area contributed by atoms with E-state index in [0.29, 0.717) is 10.1 Å². The van der Waals surface area contributed by atoms with Gasteiger partial charge in [0.2, 0.25) is 0 Å². The van der Waals surface area contributed by atoms with Gasteiger partial charge in [0.05, 0.1) is 5.69 Å². The fourth-order valence-corrected chi connectivity index (χ4v) is 4.52. The van der Waals surface area contributed by atoms with Crippen LogP contribution in [0.3, 0.4) is 0 Å². The zero-order valence-corrected chi connectivity index (χ0v) is 13.9. The minimum atomic E-state index is -0.845. The van der Waals surface area contributed by atoms with Crippen molar-refractivity contribution in [3.8, 4) is 0 Å². The molecule has 0 amide bonds. The van der Waals surface area contributed by atoms with E-state index in [-0.39, 0.29) is 5.92 Å². The van der Waals surface area contributed by atoms with Crippen LogP contribution in [-0.2, 0) is 0 Å². The largest absolute Gasteiger partial charge is 0.477 e. The first-order valence-corrected chi connectivity index (χ1v) is 9.03. The molecule has 0 aromatic carbocycles. The van der Waals surface area contributed by atoms with Crippen molar-refractivity contribution in [1.82, 2.24) is 4.98 Å². The third-order valence-corrected chi connectivity index (χ3v) is 6.27. The van der Waals surface area contributed by atoms with E-state index in [9.17, 15) is 9.90 Å². The summed E-state index contributed by atoms with van der Waals surface area (Å²) in [5, 5.41) is 10.9. The molecule has 20 heavy (non-hydrogen) atoms. The van der Waals surface area contributed by atoms with Gasteiger partial charge < -0.3 is 10.0 Å². The van der Waals surface area contributed by atoms with E-state index < -0.39 is 5.97 Å². The van der Waals surface area contributed by atoms with Gasteiger partial charge >= 0.3 is 5.97 Å². The first-order valence-electron chi connectivity index (χ1n) is 7.17. The van der Waals surface area contributed by atoms with Crippen LogP contribution in [0, 0.1) is 0 Å². The van der Waals surface area contributed by atoms with E-state index in [0.717, 1.165) is 42.5 Å². The number of anilines is 1. The predicted molar refractivity (Wildman–Crippen MR) is 86.5 cm³/mol. The Balaban J connectivity index is 2.26. The topological polar surface area (TPSA) is 53.4 Å². The molecule has 1 aliphatic heterocycles. The van der Waals surface area contributed by atoms with Gasteiger partial charge in [0.1, 0.15) is 4.88 Å². The molecular weight excluding hydrogens is 292 g/mol. The van der Waals surface area contributed by atoms with Crippen molar-refractivity contribution in [2.24, 2.45) is 0 Å². The number of thiazole rings is 1. The summed E-state index contributed by atoms with van der Waals surface area (Å²) in [5.74, 6) is 0.453. The number of carboxylic acid groups (broad SMARTS) is 1. The summed E-state index contributed by atoms with van der Waals surface area (Å²) in [6.45, 7) is 8.27. The van der Waals surface area contributed by atoms with Crippen LogP contribution < -0.4 is 4.90 Å². The van der Waals surface area contributed by atoms with Gasteiger partial charge in [0, 0.05) is 24.1 Å². The molecule has 1 aromatic rings. The number of nitrogens with zero attached hydrogens (tertiary/aromatic N) is 2. The number of hydrogen-bond donors (Lipinski definition) is 1. The van der Waals surface area contributed by atoms with Crippen LogP contribution in [0.2, 0.25) is 0 Å². The van der Waals surface area contributed by atoms with Crippen LogP contribution in [0.5, 0.6) is 0 Å². The van der Waals surface area contributed by atoms with Crippen LogP contribution in [0.25, 0.3) is 0 Å². The second-order valence-electron chi connectivity index (χ2n) is 5.17. The second kappa shape index (κ2) is 6.80. The summed E-state index contributed by atoms with van der Waals surface area (Å²) < 4.78 is 0. The Labute approximate surface area is 128 Å². The maximum absolute atomic E-state index is 11.4. The van der Waals surface area contributed by atoms with Crippen LogP contribution >= 0.6 is 23.1 Å². The molecule has 0 spiro atoms. The third-order valence-electron chi connectivity index (χ3n) is 3.78. The number of rotatable bonds is 5. The van der Waals surface area contributed by atoms with Gasteiger partial charge in [-0.25, -0.2) is 9.78 Å². The van der Waals surface area contributed by atoms with Crippen molar-refractivity contribution in [3.05, 3.63) is 10.6 Å². The summed E-state index contributed by atoms with van der Waals surface area (Å²) in [7, 11) is 0. The minimum absolute atomic E-state index is 0.201. The molecule has 2 atom stereocenters. The molecule has 0 aliphatic carbocycles. The van der Waals surface area contributed by atoms with E-state index in [2.05, 4.69) is 23.7 Å². The van der Waals surface area contributed by atoms with Gasteiger partial charge in [0.25, 0.3) is 0 Å². The molecule has 1 N–H and O–H groups in total. The van der Waals surface area contributed by atoms with Crippen LogP contribution in [0.15, 0.2) is 0 Å². The van der Waals surface area contributed by atoms with E-state index in [1.807, 2.05) is 18.7 Å². The summed E-state index contributed by atoms with van der Waals surface area (Å²) in [6.07, 6.45) is 2.06. The zero-order chi connectivity index (χ0) is 14.7. The molecule has 0 saturated carbocycles. The molecule has 1 saturated heterocycles. The molecule has 2 unspecified atom stereocenters. The fourth-order valence-electron chi connectivity index (χ4n) is 2.28. The zero-order valence-electron chi connectivity index (χ0n) is 12.3. The molecule has 0 bridgehead atoms. The molecule has 6 heteroatoms. The molecule has 112 valence electrons. The average molecular weight is 314 g/mol. The van der Waals surface area contributed by atoms with Gasteiger partial charge in [-0.2, -0.15) is 11.8 Å². The van der Waals surface area contributed by atoms with E-state index >= 15 is 0 Å². The number of carbonyl (C=O) groups is 1. The normalized spacial score (nSPS) is 20.9. The molecule has 1 aromatic heterocycles. The van der Waals surface area contributed by atoms with E-state index in [4.69, 9.17) is 0 Å². The standard InChI is InChI=1S/C14H22N2O2S2/c1-4-9(3)11-12(13(17)18)20-14(15-11)16-6-7-19-10(5-2)8-16/h9-10H,4-8H2,1-3H3,(H,17,18). The summed E-state index contributed by atoms with van der Waals surface area (Å²) in [6, 6.07) is 0. The second-order valence-corrected chi connectivity index (χ2v) is 7.56. The molecule has 2 heterocycles. The molecule has 2 rings (SSSR count). The Morgan fingerprint density at radius 1 is 1.55 bits per heavy atom. The first kappa shape index (κ1) is 15.6. The molecule has 1 fully saturated rings. The van der Waals surface area contributed by atoms with Crippen LogP contribution in [0.4, 0.5) is 5.13 Å². The predicted octanol–water partition coefficient (Wildman–Crippen LogP) is 3.69. The van der Waals surface area contributed by atoms with Gasteiger partial charge in [-0.1, -0.05) is 32.1 Å². The maximum atomic E-state index is 11.4. The smallest absolute Gasteiger partial charge is 0.347 e. The summed E-state index contributed by atoms with van der Waals surface area (Å²) >= 11 is 3.34. The number of thioether (sulfide) groups is 1. The van der Waals surface area contributed by atoms with E-state index in [1.54, 1.807) is 0 Å². The molecule has 4 nitrogen and oxygen atoms in total. The number of hydrogen-bond acceptors (Lipinski definition) is 5. The highest BCUT2D eigenvalue weighted by Gasteiger charge is 2.26. The molecule has 1 aliphatic rings. The number of aromatic nitrogens is 1. The highest BCUT2D eigenvalue weighted by molar-refractivity contribution is 8.00. The van der Waals surface area contributed by atoms with E-state index in [1.165, 1.54) is 11.3 Å². The maximum Gasteiger partial charge on any atom is 0.347 e. The lowest BCUT2D eigenvalue weighted by Gasteiger charge is -2.31. The van der Waals surface area contributed by atoms with Crippen molar-refractivity contribution in [2.75, 3.05) is 23.7 Å². The van der Waals surface area contributed by atoms with Crippen molar-refractivity contribution in [3.63, 3.8) is 0 Å². The highest BCUT2D eigenvalue weighted by atomic mass is 32.2. The van der Waals surface area contributed by atoms with Gasteiger partial charge in [-0.3, -0.25) is 0 Å². The van der Waals surface area contributed by atoms with Crippen molar-refractivity contribution in [1.29, 1.82) is 0 Å². The molecule has 0 radical (unpaired) electrons. The van der Waals surface area contributed by atoms with Crippen LogP contribution in [-0.4, -0.2) is 40.2 Å². The van der Waals surface area contributed by atoms with Crippen molar-refractivity contribution >= 4 is 34.2 Å². The van der Waals surface area contributed by atoms with Gasteiger partial charge in [-0.05, 0) is 18.8 Å². The lowest BCUT2D eigenvalue weighted by atomic mass is 10.0. The van der Waals surface area contributed by atoms with Gasteiger partial charge in [-0.15, -0.1) is 0 Å².